The van der Waals surface area contributed by atoms with Crippen LogP contribution < -0.4 is 0 Å². The van der Waals surface area contributed by atoms with Gasteiger partial charge in [-0.15, -0.1) is 10.1 Å². The summed E-state index contributed by atoms with van der Waals surface area (Å²) in [4.78, 5) is 38.1. The van der Waals surface area contributed by atoms with Crippen molar-refractivity contribution in [2.75, 3.05) is 6.61 Å². The van der Waals surface area contributed by atoms with E-state index in [1.165, 1.54) is 0 Å². The van der Waals surface area contributed by atoms with E-state index in [9.17, 15) is 19.7 Å². The quantitative estimate of drug-likeness (QED) is 0.559. The van der Waals surface area contributed by atoms with Gasteiger partial charge in [0.05, 0.1) is 6.54 Å². The highest BCUT2D eigenvalue weighted by Gasteiger charge is 2.31. The molecule has 0 aromatic heterocycles. The molecule has 0 aliphatic carbocycles. The maximum absolute atomic E-state index is 11.8. The molecule has 0 bridgehead atoms. The van der Waals surface area contributed by atoms with Crippen molar-refractivity contribution >= 4 is 11.8 Å². The van der Waals surface area contributed by atoms with Crippen LogP contribution in [0.4, 0.5) is 0 Å². The van der Waals surface area contributed by atoms with Crippen LogP contribution in [-0.2, 0) is 16.2 Å². The fraction of sp³-hybridized carbons (Fsp3) is 0.200. The first kappa shape index (κ1) is 11.1. The lowest BCUT2D eigenvalue weighted by atomic mass is 10.1. The number of hydrogen-bond donors (Lipinski definition) is 0. The number of carbonyl (C=O) groups is 2. The van der Waals surface area contributed by atoms with Gasteiger partial charge in [0, 0.05) is 5.56 Å². The zero-order chi connectivity index (χ0) is 12.4. The smallest absolute Gasteiger partial charge is 0.295 e. The Balaban J connectivity index is 2.09. The zero-order valence-corrected chi connectivity index (χ0v) is 8.66. The van der Waals surface area contributed by atoms with Gasteiger partial charge in [-0.1, -0.05) is 18.2 Å². The first-order chi connectivity index (χ1) is 8.09. The van der Waals surface area contributed by atoms with Crippen molar-refractivity contribution in [3.63, 3.8) is 0 Å². The third-order valence-corrected chi connectivity index (χ3v) is 2.42. The lowest BCUT2D eigenvalue weighted by Crippen LogP contribution is -2.34. The lowest BCUT2D eigenvalue weighted by Gasteiger charge is -2.12. The van der Waals surface area contributed by atoms with Crippen LogP contribution in [-0.4, -0.2) is 28.4 Å². The molecule has 1 aromatic carbocycles. The second-order valence-corrected chi connectivity index (χ2v) is 3.44. The van der Waals surface area contributed by atoms with E-state index in [0.717, 1.165) is 10.5 Å². The van der Waals surface area contributed by atoms with E-state index in [1.54, 1.807) is 24.3 Å². The van der Waals surface area contributed by atoms with Crippen LogP contribution in [0.2, 0.25) is 0 Å². The first-order valence-corrected chi connectivity index (χ1v) is 4.79. The predicted molar refractivity (Wildman–Crippen MR) is 54.3 cm³/mol. The van der Waals surface area contributed by atoms with E-state index >= 15 is 0 Å². The molecule has 0 radical (unpaired) electrons. The zero-order valence-electron chi connectivity index (χ0n) is 8.66. The van der Waals surface area contributed by atoms with E-state index in [2.05, 4.69) is 4.84 Å². The number of amides is 2. The second-order valence-electron chi connectivity index (χ2n) is 3.44. The highest BCUT2D eigenvalue weighted by Crippen LogP contribution is 2.22. The average molecular weight is 236 g/mol. The van der Waals surface area contributed by atoms with Gasteiger partial charge in [-0.05, 0) is 11.6 Å². The Morgan fingerprint density at radius 1 is 1.47 bits per heavy atom. The highest BCUT2D eigenvalue weighted by molar-refractivity contribution is 6.08. The summed E-state index contributed by atoms with van der Waals surface area (Å²) in [6.45, 7) is -0.609. The van der Waals surface area contributed by atoms with Gasteiger partial charge >= 0.3 is 0 Å². The summed E-state index contributed by atoms with van der Waals surface area (Å²) in [5.74, 6) is -1.17. The summed E-state index contributed by atoms with van der Waals surface area (Å²) in [6, 6.07) is 6.79. The van der Waals surface area contributed by atoms with E-state index in [1.807, 2.05) is 0 Å². The van der Waals surface area contributed by atoms with Gasteiger partial charge in [-0.3, -0.25) is 14.5 Å². The fourth-order valence-electron chi connectivity index (χ4n) is 1.64. The Morgan fingerprint density at radius 3 is 2.82 bits per heavy atom. The molecule has 1 aliphatic rings. The molecular weight excluding hydrogens is 228 g/mol. The lowest BCUT2D eigenvalue weighted by molar-refractivity contribution is -0.754. The Kier molecular flexibility index (Phi) is 2.73. The van der Waals surface area contributed by atoms with Crippen molar-refractivity contribution in [2.24, 2.45) is 0 Å². The predicted octanol–water partition coefficient (Wildman–Crippen LogP) is 0.377. The molecule has 7 heteroatoms. The van der Waals surface area contributed by atoms with Crippen molar-refractivity contribution in [3.8, 4) is 0 Å². The third kappa shape index (κ3) is 2.07. The summed E-state index contributed by atoms with van der Waals surface area (Å²) in [7, 11) is 0. The van der Waals surface area contributed by atoms with Crippen LogP contribution in [0.1, 0.15) is 15.9 Å². The summed E-state index contributed by atoms with van der Waals surface area (Å²) in [5, 5.41) is 8.88. The minimum Gasteiger partial charge on any atom is -0.304 e. The normalized spacial score (nSPS) is 13.4. The second kappa shape index (κ2) is 4.20. The molecule has 2 rings (SSSR count). The molecular formula is C10H8N2O5. The van der Waals surface area contributed by atoms with Gasteiger partial charge in [0.15, 0.2) is 6.61 Å². The molecule has 0 N–H and O–H groups in total. The monoisotopic (exact) mass is 236 g/mol. The summed E-state index contributed by atoms with van der Waals surface area (Å²) < 4.78 is 0. The number of benzene rings is 1. The minimum absolute atomic E-state index is 0.134. The largest absolute Gasteiger partial charge is 0.304 e. The molecule has 0 fully saturated rings. The van der Waals surface area contributed by atoms with Crippen molar-refractivity contribution < 1.29 is 19.5 Å². The maximum Gasteiger partial charge on any atom is 0.295 e. The average Bonchev–Trinajstić information content (AvgIpc) is 2.64. The van der Waals surface area contributed by atoms with Gasteiger partial charge in [0.1, 0.15) is 0 Å². The molecule has 0 saturated heterocycles. The third-order valence-electron chi connectivity index (χ3n) is 2.42. The first-order valence-electron chi connectivity index (χ1n) is 4.79. The molecule has 7 nitrogen and oxygen atoms in total. The fourth-order valence-corrected chi connectivity index (χ4v) is 1.64. The van der Waals surface area contributed by atoms with E-state index < -0.39 is 23.5 Å². The van der Waals surface area contributed by atoms with Crippen molar-refractivity contribution in [2.45, 2.75) is 6.54 Å². The SMILES string of the molecule is O=C(CO[N+](=O)[O-])N1Cc2ccccc2C1=O. The standard InChI is InChI=1S/C10H8N2O5/c13-9(6-17-12(15)16)11-5-7-3-1-2-4-8(7)10(11)14/h1-4H,5-6H2. The topological polar surface area (TPSA) is 89.8 Å². The number of nitrogens with zero attached hydrogens (tertiary/aromatic N) is 2. The highest BCUT2D eigenvalue weighted by atomic mass is 16.9. The number of fused-ring (bicyclic) bond motifs is 1. The molecule has 1 aromatic rings. The van der Waals surface area contributed by atoms with E-state index in [4.69, 9.17) is 0 Å². The number of rotatable bonds is 3. The van der Waals surface area contributed by atoms with E-state index in [0.29, 0.717) is 5.56 Å². The van der Waals surface area contributed by atoms with Gasteiger partial charge in [-0.25, -0.2) is 0 Å². The molecule has 17 heavy (non-hydrogen) atoms. The molecule has 1 aliphatic heterocycles. The van der Waals surface area contributed by atoms with Gasteiger partial charge < -0.3 is 4.84 Å². The molecule has 2 amide bonds. The van der Waals surface area contributed by atoms with Gasteiger partial charge in [0.2, 0.25) is 0 Å². The minimum atomic E-state index is -1.06. The van der Waals surface area contributed by atoms with Crippen LogP contribution in [0.3, 0.4) is 0 Å². The molecule has 0 saturated carbocycles. The van der Waals surface area contributed by atoms with Crippen molar-refractivity contribution in [1.82, 2.24) is 4.90 Å². The molecule has 0 spiro atoms. The van der Waals surface area contributed by atoms with Crippen LogP contribution in [0.15, 0.2) is 24.3 Å². The van der Waals surface area contributed by atoms with E-state index in [-0.39, 0.29) is 6.54 Å². The summed E-state index contributed by atoms with van der Waals surface area (Å²) >= 11 is 0. The Hall–Kier alpha value is -2.44. The number of imide groups is 1. The Labute approximate surface area is 95.7 Å². The Morgan fingerprint density at radius 2 is 2.18 bits per heavy atom. The summed E-state index contributed by atoms with van der Waals surface area (Å²) in [5.41, 5.74) is 1.17. The molecule has 1 heterocycles. The number of carbonyl (C=O) groups excluding carboxylic acids is 2. The van der Waals surface area contributed by atoms with Crippen molar-refractivity contribution in [3.05, 3.63) is 45.5 Å². The molecule has 0 atom stereocenters. The molecule has 88 valence electrons. The Bertz CT molecular complexity index is 499. The van der Waals surface area contributed by atoms with Gasteiger partial charge in [0.25, 0.3) is 16.9 Å². The van der Waals surface area contributed by atoms with Crippen molar-refractivity contribution in [1.29, 1.82) is 0 Å². The van der Waals surface area contributed by atoms with Gasteiger partial charge in [-0.2, -0.15) is 0 Å². The number of hydrogen-bond acceptors (Lipinski definition) is 5. The molecule has 0 unspecified atom stereocenters. The maximum atomic E-state index is 11.8. The van der Waals surface area contributed by atoms with Crippen LogP contribution >= 0.6 is 0 Å². The van der Waals surface area contributed by atoms with Crippen LogP contribution in [0.5, 0.6) is 0 Å². The summed E-state index contributed by atoms with van der Waals surface area (Å²) in [6.07, 6.45) is 0. The van der Waals surface area contributed by atoms with Crippen LogP contribution in [0, 0.1) is 10.1 Å². The van der Waals surface area contributed by atoms with Crippen LogP contribution in [0.25, 0.3) is 0 Å².